The normalized spacial score (nSPS) is 12.0. The van der Waals surface area contributed by atoms with Gasteiger partial charge in [0.25, 0.3) is 0 Å². The smallest absolute Gasteiger partial charge is 0.357 e. The maximum Gasteiger partial charge on any atom is 0.434 e. The van der Waals surface area contributed by atoms with Crippen LogP contribution in [0.1, 0.15) is 34.4 Å². The van der Waals surface area contributed by atoms with Gasteiger partial charge in [0.05, 0.1) is 13.1 Å². The van der Waals surface area contributed by atoms with Gasteiger partial charge in [-0.25, -0.2) is 15.0 Å². The highest BCUT2D eigenvalue weighted by Gasteiger charge is 2.33. The quantitative estimate of drug-likeness (QED) is 0.354. The molecular weight excluding hydrogens is 486 g/mol. The van der Waals surface area contributed by atoms with Crippen LogP contribution in [0.2, 0.25) is 0 Å². The average Bonchev–Trinajstić information content (AvgIpc) is 3.18. The topological polar surface area (TPSA) is 62.2 Å². The van der Waals surface area contributed by atoms with E-state index in [2.05, 4.69) is 32.5 Å². The molecule has 2 N–H and O–H groups in total. The van der Waals surface area contributed by atoms with Crippen molar-refractivity contribution in [2.24, 2.45) is 4.99 Å². The lowest BCUT2D eigenvalue weighted by Gasteiger charge is -2.09. The van der Waals surface area contributed by atoms with Crippen molar-refractivity contribution in [2.75, 3.05) is 6.54 Å². The summed E-state index contributed by atoms with van der Waals surface area (Å²) in [7, 11) is 0. The monoisotopic (exact) mass is 505 g/mol. The average molecular weight is 505 g/mol. The zero-order chi connectivity index (χ0) is 17.6. The predicted molar refractivity (Wildman–Crippen MR) is 106 cm³/mol. The molecule has 140 valence electrons. The van der Waals surface area contributed by atoms with Gasteiger partial charge in [0.1, 0.15) is 10.0 Å². The number of alkyl halides is 3. The Hall–Kier alpha value is -0.950. The molecule has 5 nitrogen and oxygen atoms in total. The van der Waals surface area contributed by atoms with Crippen molar-refractivity contribution in [3.8, 4) is 0 Å². The van der Waals surface area contributed by atoms with Crippen molar-refractivity contribution >= 4 is 52.6 Å². The maximum absolute atomic E-state index is 12.5. The van der Waals surface area contributed by atoms with Gasteiger partial charge in [-0.1, -0.05) is 6.92 Å². The highest BCUT2D eigenvalue weighted by Crippen LogP contribution is 2.29. The third-order valence-electron chi connectivity index (χ3n) is 2.92. The molecule has 2 rings (SSSR count). The van der Waals surface area contributed by atoms with Crippen LogP contribution in [0.15, 0.2) is 16.6 Å². The van der Waals surface area contributed by atoms with Gasteiger partial charge >= 0.3 is 6.18 Å². The zero-order valence-corrected chi connectivity index (χ0v) is 17.6. The Labute approximate surface area is 169 Å². The fraction of sp³-hybridized carbons (Fsp3) is 0.500. The van der Waals surface area contributed by atoms with E-state index in [9.17, 15) is 13.2 Å². The Balaban J connectivity index is 0.00000312. The zero-order valence-electron chi connectivity index (χ0n) is 13.7. The van der Waals surface area contributed by atoms with Gasteiger partial charge in [0, 0.05) is 23.0 Å². The van der Waals surface area contributed by atoms with Crippen LogP contribution < -0.4 is 10.6 Å². The second kappa shape index (κ2) is 10.3. The lowest BCUT2D eigenvalue weighted by molar-refractivity contribution is -0.140. The van der Waals surface area contributed by atoms with E-state index in [0.717, 1.165) is 28.1 Å². The van der Waals surface area contributed by atoms with Crippen molar-refractivity contribution in [2.45, 2.75) is 39.5 Å². The summed E-state index contributed by atoms with van der Waals surface area (Å²) in [6.07, 6.45) is -1.63. The minimum absolute atomic E-state index is 0. The van der Waals surface area contributed by atoms with E-state index in [-0.39, 0.29) is 30.5 Å². The van der Waals surface area contributed by atoms with Crippen molar-refractivity contribution in [3.05, 3.63) is 32.2 Å². The van der Waals surface area contributed by atoms with Crippen LogP contribution in [-0.4, -0.2) is 22.5 Å². The van der Waals surface area contributed by atoms with Crippen molar-refractivity contribution in [1.82, 2.24) is 20.6 Å². The molecular formula is C14H19F3IN5S2. The second-order valence-corrected chi connectivity index (χ2v) is 6.89. The lowest BCUT2D eigenvalue weighted by Crippen LogP contribution is -2.36. The van der Waals surface area contributed by atoms with Gasteiger partial charge in [0.2, 0.25) is 0 Å². The summed E-state index contributed by atoms with van der Waals surface area (Å²) >= 11 is 2.58. The standard InChI is InChI=1S/C14H18F3N5S2.HI/c1-3-9-5-19-11(24-9)6-20-13(18-4-2)21-7-12-22-10(8-23-12)14(15,16)17;/h5,8H,3-4,6-7H2,1-2H3,(H2,18,20,21);1H. The molecule has 2 heterocycles. The third kappa shape index (κ3) is 7.05. The van der Waals surface area contributed by atoms with E-state index in [1.807, 2.05) is 13.1 Å². The van der Waals surface area contributed by atoms with Crippen LogP contribution in [0.25, 0.3) is 0 Å². The number of nitrogens with zero attached hydrogens (tertiary/aromatic N) is 3. The van der Waals surface area contributed by atoms with Crippen LogP contribution in [0.4, 0.5) is 13.2 Å². The number of hydrogen-bond donors (Lipinski definition) is 2. The number of aliphatic imine (C=N–C) groups is 1. The summed E-state index contributed by atoms with van der Waals surface area (Å²) in [5.41, 5.74) is -0.860. The first kappa shape index (κ1) is 22.1. The van der Waals surface area contributed by atoms with E-state index in [1.54, 1.807) is 11.3 Å². The first-order valence-corrected chi connectivity index (χ1v) is 9.09. The number of aryl methyl sites for hydroxylation is 1. The first-order chi connectivity index (χ1) is 11.4. The molecule has 0 aliphatic carbocycles. The van der Waals surface area contributed by atoms with E-state index >= 15 is 0 Å². The minimum Gasteiger partial charge on any atom is -0.357 e. The van der Waals surface area contributed by atoms with Gasteiger partial charge in [-0.2, -0.15) is 13.2 Å². The van der Waals surface area contributed by atoms with Gasteiger partial charge in [0.15, 0.2) is 11.7 Å². The summed E-state index contributed by atoms with van der Waals surface area (Å²) < 4.78 is 37.6. The van der Waals surface area contributed by atoms with Crippen molar-refractivity contribution in [3.63, 3.8) is 0 Å². The highest BCUT2D eigenvalue weighted by atomic mass is 127. The molecule has 0 unspecified atom stereocenters. The Morgan fingerprint density at radius 3 is 2.56 bits per heavy atom. The van der Waals surface area contributed by atoms with Crippen LogP contribution in [0.5, 0.6) is 0 Å². The number of rotatable bonds is 6. The molecule has 0 aliphatic heterocycles. The molecule has 0 aromatic carbocycles. The maximum atomic E-state index is 12.5. The van der Waals surface area contributed by atoms with Gasteiger partial charge in [-0.05, 0) is 13.3 Å². The first-order valence-electron chi connectivity index (χ1n) is 7.39. The molecule has 0 aliphatic rings. The lowest BCUT2D eigenvalue weighted by atomic mass is 10.4. The summed E-state index contributed by atoms with van der Waals surface area (Å²) in [6.45, 7) is 5.24. The van der Waals surface area contributed by atoms with Gasteiger partial charge < -0.3 is 10.6 Å². The molecule has 0 saturated carbocycles. The summed E-state index contributed by atoms with van der Waals surface area (Å²) in [6, 6.07) is 0. The Morgan fingerprint density at radius 2 is 2.00 bits per heavy atom. The molecule has 0 amide bonds. The molecule has 0 bridgehead atoms. The molecule has 0 fully saturated rings. The van der Waals surface area contributed by atoms with Crippen molar-refractivity contribution in [1.29, 1.82) is 0 Å². The predicted octanol–water partition coefficient (Wildman–Crippen LogP) is 4.05. The Morgan fingerprint density at radius 1 is 1.24 bits per heavy atom. The van der Waals surface area contributed by atoms with E-state index in [0.29, 0.717) is 24.1 Å². The third-order valence-corrected chi connectivity index (χ3v) is 4.89. The Bertz CT molecular complexity index is 684. The molecule has 0 saturated heterocycles. The van der Waals surface area contributed by atoms with E-state index in [4.69, 9.17) is 0 Å². The SMILES string of the molecule is CCNC(=NCc1ncc(CC)s1)NCc1nc(C(F)(F)F)cs1.I. The molecule has 2 aromatic heterocycles. The fourth-order valence-electron chi connectivity index (χ4n) is 1.75. The van der Waals surface area contributed by atoms with E-state index in [1.165, 1.54) is 4.88 Å². The van der Waals surface area contributed by atoms with Gasteiger partial charge in [-0.3, -0.25) is 0 Å². The number of thiazole rings is 2. The number of halogens is 4. The highest BCUT2D eigenvalue weighted by molar-refractivity contribution is 14.0. The molecule has 0 atom stereocenters. The van der Waals surface area contributed by atoms with Gasteiger partial charge in [-0.15, -0.1) is 46.7 Å². The minimum atomic E-state index is -4.41. The van der Waals surface area contributed by atoms with Crippen molar-refractivity contribution < 1.29 is 13.2 Å². The Kier molecular flexibility index (Phi) is 9.07. The van der Waals surface area contributed by atoms with Crippen LogP contribution >= 0.6 is 46.7 Å². The summed E-state index contributed by atoms with van der Waals surface area (Å²) in [5, 5.41) is 8.31. The molecule has 25 heavy (non-hydrogen) atoms. The van der Waals surface area contributed by atoms with Crippen LogP contribution in [-0.2, 0) is 25.7 Å². The second-order valence-electron chi connectivity index (χ2n) is 4.75. The molecule has 2 aromatic rings. The molecule has 0 spiro atoms. The summed E-state index contributed by atoms with van der Waals surface area (Å²) in [4.78, 5) is 13.5. The molecule has 11 heteroatoms. The van der Waals surface area contributed by atoms with Crippen LogP contribution in [0, 0.1) is 0 Å². The van der Waals surface area contributed by atoms with Crippen LogP contribution in [0.3, 0.4) is 0 Å². The number of guanidine groups is 1. The fourth-order valence-corrected chi connectivity index (χ4v) is 3.28. The molecule has 0 radical (unpaired) electrons. The number of aromatic nitrogens is 2. The summed E-state index contributed by atoms with van der Waals surface area (Å²) in [5.74, 6) is 0.523. The number of hydrogen-bond acceptors (Lipinski definition) is 5. The number of nitrogens with one attached hydrogen (secondary N) is 2. The largest absolute Gasteiger partial charge is 0.434 e. The van der Waals surface area contributed by atoms with E-state index < -0.39 is 11.9 Å².